The molecule has 0 fully saturated rings. The molecule has 1 atom stereocenters. The molecule has 18 heavy (non-hydrogen) atoms. The normalized spacial score (nSPS) is 12.4. The first-order valence-electron chi connectivity index (χ1n) is 6.24. The smallest absolute Gasteiger partial charge is 0.0536 e. The van der Waals surface area contributed by atoms with Gasteiger partial charge in [0.1, 0.15) is 0 Å². The summed E-state index contributed by atoms with van der Waals surface area (Å²) in [6.45, 7) is 4.49. The van der Waals surface area contributed by atoms with Crippen molar-refractivity contribution in [2.24, 2.45) is 5.92 Å². The molecule has 0 bridgehead atoms. The molecule has 0 saturated heterocycles. The molecule has 1 nitrogen and oxygen atoms in total. The van der Waals surface area contributed by atoms with E-state index in [2.05, 4.69) is 96.4 Å². The summed E-state index contributed by atoms with van der Waals surface area (Å²) >= 11 is 2.33. The van der Waals surface area contributed by atoms with Crippen LogP contribution in [0.15, 0.2) is 54.6 Å². The molecular formula is C16H18IN. The molecule has 1 unspecified atom stereocenters. The van der Waals surface area contributed by atoms with Gasteiger partial charge in [-0.15, -0.1) is 0 Å². The fraction of sp³-hybridized carbons (Fsp3) is 0.250. The van der Waals surface area contributed by atoms with Gasteiger partial charge >= 0.3 is 0 Å². The van der Waals surface area contributed by atoms with Crippen molar-refractivity contribution in [1.82, 2.24) is 0 Å². The van der Waals surface area contributed by atoms with E-state index >= 15 is 0 Å². The molecule has 0 amide bonds. The number of halogens is 1. The first-order chi connectivity index (χ1) is 8.66. The van der Waals surface area contributed by atoms with E-state index in [9.17, 15) is 0 Å². The summed E-state index contributed by atoms with van der Waals surface area (Å²) in [5.41, 5.74) is 2.52. The van der Waals surface area contributed by atoms with Crippen LogP contribution in [0.5, 0.6) is 0 Å². The van der Waals surface area contributed by atoms with Crippen molar-refractivity contribution in [2.75, 3.05) is 5.32 Å². The lowest BCUT2D eigenvalue weighted by Crippen LogP contribution is -2.16. The van der Waals surface area contributed by atoms with Crippen LogP contribution in [0.2, 0.25) is 0 Å². The van der Waals surface area contributed by atoms with Gasteiger partial charge in [-0.25, -0.2) is 0 Å². The van der Waals surface area contributed by atoms with Crippen LogP contribution < -0.4 is 5.32 Å². The highest BCUT2D eigenvalue weighted by Crippen LogP contribution is 2.26. The van der Waals surface area contributed by atoms with Gasteiger partial charge < -0.3 is 5.32 Å². The van der Waals surface area contributed by atoms with Crippen molar-refractivity contribution in [1.29, 1.82) is 0 Å². The molecule has 0 aliphatic heterocycles. The fourth-order valence-corrected chi connectivity index (χ4v) is 2.38. The molecule has 0 radical (unpaired) electrons. The maximum atomic E-state index is 3.62. The van der Waals surface area contributed by atoms with Crippen molar-refractivity contribution >= 4 is 28.3 Å². The van der Waals surface area contributed by atoms with Gasteiger partial charge in [-0.3, -0.25) is 0 Å². The topological polar surface area (TPSA) is 12.0 Å². The minimum Gasteiger partial charge on any atom is -0.378 e. The summed E-state index contributed by atoms with van der Waals surface area (Å²) in [5.74, 6) is 0.548. The molecule has 1 N–H and O–H groups in total. The van der Waals surface area contributed by atoms with Gasteiger partial charge in [-0.2, -0.15) is 0 Å². The van der Waals surface area contributed by atoms with Crippen molar-refractivity contribution in [3.8, 4) is 0 Å². The van der Waals surface area contributed by atoms with E-state index in [1.807, 2.05) is 0 Å². The minimum absolute atomic E-state index is 0.353. The second-order valence-electron chi connectivity index (χ2n) is 4.78. The molecule has 2 aromatic carbocycles. The number of nitrogens with one attached hydrogen (secondary N) is 1. The molecule has 0 heterocycles. The Balaban J connectivity index is 2.19. The number of hydrogen-bond donors (Lipinski definition) is 1. The van der Waals surface area contributed by atoms with E-state index in [1.165, 1.54) is 14.8 Å². The highest BCUT2D eigenvalue weighted by Gasteiger charge is 2.14. The third-order valence-corrected chi connectivity index (χ3v) is 3.71. The molecule has 2 rings (SSSR count). The first kappa shape index (κ1) is 13.4. The van der Waals surface area contributed by atoms with E-state index in [0.717, 1.165) is 0 Å². The summed E-state index contributed by atoms with van der Waals surface area (Å²) in [7, 11) is 0. The van der Waals surface area contributed by atoms with Gasteiger partial charge in [0.2, 0.25) is 0 Å². The number of hydrogen-bond acceptors (Lipinski definition) is 1. The molecule has 0 spiro atoms. The predicted molar refractivity (Wildman–Crippen MR) is 86.8 cm³/mol. The van der Waals surface area contributed by atoms with Crippen molar-refractivity contribution in [2.45, 2.75) is 19.9 Å². The van der Waals surface area contributed by atoms with Crippen LogP contribution in [0.4, 0.5) is 5.69 Å². The van der Waals surface area contributed by atoms with Crippen LogP contribution in [-0.4, -0.2) is 0 Å². The van der Waals surface area contributed by atoms with Crippen molar-refractivity contribution in [3.63, 3.8) is 0 Å². The van der Waals surface area contributed by atoms with Crippen LogP contribution in [0.3, 0.4) is 0 Å². The van der Waals surface area contributed by atoms with Gasteiger partial charge in [-0.05, 0) is 58.3 Å². The Morgan fingerprint density at radius 1 is 0.889 bits per heavy atom. The predicted octanol–water partition coefficient (Wildman–Crippen LogP) is 5.10. The van der Waals surface area contributed by atoms with Crippen LogP contribution in [0, 0.1) is 9.49 Å². The number of rotatable bonds is 4. The van der Waals surface area contributed by atoms with Crippen molar-refractivity contribution in [3.05, 3.63) is 63.7 Å². The van der Waals surface area contributed by atoms with E-state index in [-0.39, 0.29) is 0 Å². The summed E-state index contributed by atoms with van der Waals surface area (Å²) in [5, 5.41) is 3.62. The third-order valence-electron chi connectivity index (χ3n) is 2.99. The second-order valence-corrected chi connectivity index (χ2v) is 6.03. The molecule has 0 aliphatic carbocycles. The molecule has 94 valence electrons. The first-order valence-corrected chi connectivity index (χ1v) is 7.32. The number of benzene rings is 2. The Labute approximate surface area is 123 Å². The monoisotopic (exact) mass is 351 g/mol. The minimum atomic E-state index is 0.353. The Kier molecular flexibility index (Phi) is 4.64. The van der Waals surface area contributed by atoms with Crippen LogP contribution in [0.25, 0.3) is 0 Å². The van der Waals surface area contributed by atoms with E-state index in [4.69, 9.17) is 0 Å². The Bertz CT molecular complexity index is 476. The van der Waals surface area contributed by atoms with Crippen LogP contribution >= 0.6 is 22.6 Å². The lowest BCUT2D eigenvalue weighted by Gasteiger charge is -2.24. The van der Waals surface area contributed by atoms with Crippen LogP contribution in [0.1, 0.15) is 25.5 Å². The van der Waals surface area contributed by atoms with E-state index in [1.54, 1.807) is 0 Å². The quantitative estimate of drug-likeness (QED) is 0.756. The standard InChI is InChI=1S/C16H18IN/c1-12(2)16(13-6-4-3-5-7-13)18-15-10-8-14(17)9-11-15/h3-12,16,18H,1-2H3. The largest absolute Gasteiger partial charge is 0.378 e. The Hall–Kier alpha value is -1.03. The summed E-state index contributed by atoms with van der Waals surface area (Å²) in [4.78, 5) is 0. The van der Waals surface area contributed by atoms with E-state index in [0.29, 0.717) is 12.0 Å². The third kappa shape index (κ3) is 3.48. The molecule has 0 aliphatic rings. The van der Waals surface area contributed by atoms with Gasteiger partial charge in [0.05, 0.1) is 6.04 Å². The average molecular weight is 351 g/mol. The highest BCUT2D eigenvalue weighted by molar-refractivity contribution is 14.1. The fourth-order valence-electron chi connectivity index (χ4n) is 2.02. The zero-order valence-corrected chi connectivity index (χ0v) is 12.9. The van der Waals surface area contributed by atoms with Crippen molar-refractivity contribution < 1.29 is 0 Å². The average Bonchev–Trinajstić information content (AvgIpc) is 2.38. The summed E-state index contributed by atoms with van der Waals surface area (Å²) in [6, 6.07) is 19.5. The Morgan fingerprint density at radius 2 is 1.50 bits per heavy atom. The zero-order chi connectivity index (χ0) is 13.0. The maximum absolute atomic E-state index is 3.62. The zero-order valence-electron chi connectivity index (χ0n) is 10.7. The molecule has 0 aromatic heterocycles. The molecule has 2 aromatic rings. The van der Waals surface area contributed by atoms with Gasteiger partial charge in [0, 0.05) is 9.26 Å². The SMILES string of the molecule is CC(C)C(Nc1ccc(I)cc1)c1ccccc1. The van der Waals surface area contributed by atoms with Gasteiger partial charge in [0.15, 0.2) is 0 Å². The Morgan fingerprint density at radius 3 is 2.06 bits per heavy atom. The molecular weight excluding hydrogens is 333 g/mol. The second kappa shape index (κ2) is 6.23. The van der Waals surface area contributed by atoms with E-state index < -0.39 is 0 Å². The highest BCUT2D eigenvalue weighted by atomic mass is 127. The molecule has 0 saturated carbocycles. The maximum Gasteiger partial charge on any atom is 0.0536 e. The summed E-state index contributed by atoms with van der Waals surface area (Å²) < 4.78 is 1.26. The molecule has 2 heteroatoms. The summed E-state index contributed by atoms with van der Waals surface area (Å²) in [6.07, 6.45) is 0. The number of anilines is 1. The lowest BCUT2D eigenvalue weighted by atomic mass is 9.96. The van der Waals surface area contributed by atoms with Crippen LogP contribution in [-0.2, 0) is 0 Å². The van der Waals surface area contributed by atoms with Gasteiger partial charge in [0.25, 0.3) is 0 Å². The lowest BCUT2D eigenvalue weighted by molar-refractivity contribution is 0.546. The van der Waals surface area contributed by atoms with Gasteiger partial charge in [-0.1, -0.05) is 44.2 Å².